The molecule has 0 aromatic carbocycles. The molecule has 0 radical (unpaired) electrons. The van der Waals surface area contributed by atoms with Gasteiger partial charge in [0, 0.05) is 23.9 Å². The van der Waals surface area contributed by atoms with E-state index in [4.69, 9.17) is 11.6 Å². The van der Waals surface area contributed by atoms with Crippen molar-refractivity contribution in [2.24, 2.45) is 0 Å². The second-order valence-electron chi connectivity index (χ2n) is 3.57. The molecule has 0 spiro atoms. The summed E-state index contributed by atoms with van der Waals surface area (Å²) in [4.78, 5) is 12.6. The van der Waals surface area contributed by atoms with Gasteiger partial charge in [0.1, 0.15) is 17.3 Å². The van der Waals surface area contributed by atoms with Crippen molar-refractivity contribution >= 4 is 17.4 Å². The number of fused-ring (bicyclic) bond motifs is 3. The number of hydrogen-bond donors (Lipinski definition) is 1. The Morgan fingerprint density at radius 3 is 3.12 bits per heavy atom. The van der Waals surface area contributed by atoms with Crippen molar-refractivity contribution < 1.29 is 0 Å². The van der Waals surface area contributed by atoms with E-state index in [0.29, 0.717) is 5.15 Å². The third-order valence-electron chi connectivity index (χ3n) is 2.62. The van der Waals surface area contributed by atoms with E-state index >= 15 is 0 Å². The summed E-state index contributed by atoms with van der Waals surface area (Å²) in [6.45, 7) is 0.796. The highest BCUT2D eigenvalue weighted by Gasteiger charge is 2.18. The van der Waals surface area contributed by atoms with Gasteiger partial charge in [0.15, 0.2) is 0 Å². The second kappa shape index (κ2) is 3.72. The Kier molecular flexibility index (Phi) is 2.22. The zero-order valence-corrected chi connectivity index (χ0v) is 9.20. The lowest BCUT2D eigenvalue weighted by Crippen LogP contribution is -2.04. The quantitative estimate of drug-likeness (QED) is 0.708. The molecule has 1 aliphatic rings. The zero-order chi connectivity index (χ0) is 11.0. The first-order chi connectivity index (χ1) is 7.86. The Bertz CT molecular complexity index is 541. The van der Waals surface area contributed by atoms with Crippen molar-refractivity contribution in [3.8, 4) is 11.3 Å². The summed E-state index contributed by atoms with van der Waals surface area (Å²) in [5, 5.41) is 3.79. The molecule has 0 saturated carbocycles. The molecule has 80 valence electrons. The molecule has 2 aromatic rings. The number of nitrogens with one attached hydrogen (secondary N) is 1. The molecule has 4 nitrogen and oxygen atoms in total. The highest BCUT2D eigenvalue weighted by atomic mass is 35.5. The van der Waals surface area contributed by atoms with Crippen LogP contribution in [0.25, 0.3) is 11.3 Å². The van der Waals surface area contributed by atoms with Gasteiger partial charge in [-0.3, -0.25) is 0 Å². The van der Waals surface area contributed by atoms with Crippen LogP contribution in [-0.4, -0.2) is 21.5 Å². The Hall–Kier alpha value is -1.68. The molecule has 1 aliphatic heterocycles. The lowest BCUT2D eigenvalue weighted by molar-refractivity contribution is 0.995. The lowest BCUT2D eigenvalue weighted by Gasteiger charge is -2.06. The maximum Gasteiger partial charge on any atom is 0.136 e. The summed E-state index contributed by atoms with van der Waals surface area (Å²) in [6.07, 6.45) is 4.06. The van der Waals surface area contributed by atoms with Crippen LogP contribution >= 0.6 is 11.6 Å². The summed E-state index contributed by atoms with van der Waals surface area (Å²) in [6, 6.07) is 3.88. The van der Waals surface area contributed by atoms with Gasteiger partial charge in [0.25, 0.3) is 0 Å². The molecular weight excluding hydrogens is 224 g/mol. The Balaban J connectivity index is 2.30. The summed E-state index contributed by atoms with van der Waals surface area (Å²) in [5.74, 6) is 0.857. The van der Waals surface area contributed by atoms with Crippen LogP contribution in [0.2, 0.25) is 5.15 Å². The molecule has 3 rings (SSSR count). The van der Waals surface area contributed by atoms with E-state index in [2.05, 4.69) is 20.3 Å². The van der Waals surface area contributed by atoms with Gasteiger partial charge in [-0.2, -0.15) is 0 Å². The predicted octanol–water partition coefficient (Wildman–Crippen LogP) is 2.16. The number of hydrogen-bond acceptors (Lipinski definition) is 4. The first kappa shape index (κ1) is 9.54. The summed E-state index contributed by atoms with van der Waals surface area (Å²) < 4.78 is 0. The van der Waals surface area contributed by atoms with Crippen LogP contribution in [0.1, 0.15) is 5.56 Å². The first-order valence-corrected chi connectivity index (χ1v) is 5.42. The Morgan fingerprint density at radius 2 is 2.19 bits per heavy atom. The minimum atomic E-state index is 0.531. The largest absolute Gasteiger partial charge is 0.369 e. The molecule has 0 fully saturated rings. The fraction of sp³-hybridized carbons (Fsp3) is 0.182. The van der Waals surface area contributed by atoms with Crippen molar-refractivity contribution in [2.75, 3.05) is 11.9 Å². The van der Waals surface area contributed by atoms with Gasteiger partial charge in [0.05, 0.1) is 5.69 Å². The molecule has 0 bridgehead atoms. The minimum absolute atomic E-state index is 0.531. The van der Waals surface area contributed by atoms with E-state index in [1.54, 1.807) is 6.20 Å². The van der Waals surface area contributed by atoms with Gasteiger partial charge >= 0.3 is 0 Å². The highest BCUT2D eigenvalue weighted by molar-refractivity contribution is 6.30. The number of anilines is 1. The number of aromatic nitrogens is 3. The van der Waals surface area contributed by atoms with E-state index in [-0.39, 0.29) is 0 Å². The Labute approximate surface area is 97.7 Å². The predicted molar refractivity (Wildman–Crippen MR) is 62.5 cm³/mol. The zero-order valence-electron chi connectivity index (χ0n) is 8.44. The smallest absolute Gasteiger partial charge is 0.136 e. The van der Waals surface area contributed by atoms with E-state index in [9.17, 15) is 0 Å². The third kappa shape index (κ3) is 1.42. The van der Waals surface area contributed by atoms with Crippen LogP contribution in [0.4, 0.5) is 5.82 Å². The van der Waals surface area contributed by atoms with Crippen molar-refractivity contribution in [1.82, 2.24) is 15.0 Å². The first-order valence-electron chi connectivity index (χ1n) is 5.05. The van der Waals surface area contributed by atoms with Gasteiger partial charge in [-0.25, -0.2) is 15.0 Å². The van der Waals surface area contributed by atoms with Crippen molar-refractivity contribution in [2.45, 2.75) is 6.42 Å². The molecule has 0 aliphatic carbocycles. The average Bonchev–Trinajstić information content (AvgIpc) is 2.50. The van der Waals surface area contributed by atoms with E-state index in [1.807, 2.05) is 12.1 Å². The molecule has 3 heterocycles. The monoisotopic (exact) mass is 232 g/mol. The normalized spacial score (nSPS) is 13.3. The van der Waals surface area contributed by atoms with Gasteiger partial charge in [0.2, 0.25) is 0 Å². The fourth-order valence-corrected chi connectivity index (χ4v) is 2.12. The van der Waals surface area contributed by atoms with Crippen LogP contribution < -0.4 is 5.32 Å². The summed E-state index contributed by atoms with van der Waals surface area (Å²) in [5.41, 5.74) is 2.86. The van der Waals surface area contributed by atoms with Crippen molar-refractivity contribution in [1.29, 1.82) is 0 Å². The number of rotatable bonds is 0. The lowest BCUT2D eigenvalue weighted by atomic mass is 10.1. The fourth-order valence-electron chi connectivity index (χ4n) is 1.89. The van der Waals surface area contributed by atoms with Crippen LogP contribution in [0.15, 0.2) is 24.7 Å². The van der Waals surface area contributed by atoms with Gasteiger partial charge in [-0.1, -0.05) is 11.6 Å². The maximum absolute atomic E-state index is 6.08. The third-order valence-corrected chi connectivity index (χ3v) is 2.95. The van der Waals surface area contributed by atoms with Gasteiger partial charge < -0.3 is 5.32 Å². The van der Waals surface area contributed by atoms with E-state index < -0.39 is 0 Å². The topological polar surface area (TPSA) is 50.7 Å². The molecule has 5 heteroatoms. The number of nitrogens with zero attached hydrogens (tertiary/aromatic N) is 3. The van der Waals surface area contributed by atoms with Gasteiger partial charge in [-0.15, -0.1) is 0 Å². The summed E-state index contributed by atoms with van der Waals surface area (Å²) in [7, 11) is 0. The highest BCUT2D eigenvalue weighted by Crippen LogP contribution is 2.32. The minimum Gasteiger partial charge on any atom is -0.369 e. The SMILES string of the molecule is Clc1ncnc2c1CCNc1ncccc1-2. The van der Waals surface area contributed by atoms with Crippen LogP contribution in [0, 0.1) is 0 Å². The summed E-state index contributed by atoms with van der Waals surface area (Å²) >= 11 is 6.08. The number of pyridine rings is 1. The molecule has 2 aromatic heterocycles. The molecule has 0 saturated heterocycles. The standard InChI is InChI=1S/C11H9ClN4/c12-10-7-3-5-14-11-8(2-1-4-13-11)9(7)15-6-16-10/h1-2,4,6H,3,5H2,(H,13,14). The van der Waals surface area contributed by atoms with Gasteiger partial charge in [-0.05, 0) is 18.6 Å². The molecule has 0 atom stereocenters. The number of halogens is 1. The molecule has 0 amide bonds. The van der Waals surface area contributed by atoms with Crippen LogP contribution in [0.3, 0.4) is 0 Å². The Morgan fingerprint density at radius 1 is 1.25 bits per heavy atom. The van der Waals surface area contributed by atoms with Crippen LogP contribution in [0.5, 0.6) is 0 Å². The molecule has 0 unspecified atom stereocenters. The molecule has 1 N–H and O–H groups in total. The van der Waals surface area contributed by atoms with Crippen molar-refractivity contribution in [3.05, 3.63) is 35.4 Å². The van der Waals surface area contributed by atoms with Crippen molar-refractivity contribution in [3.63, 3.8) is 0 Å². The van der Waals surface area contributed by atoms with E-state index in [1.165, 1.54) is 6.33 Å². The maximum atomic E-state index is 6.08. The molecule has 16 heavy (non-hydrogen) atoms. The molecular formula is C11H9ClN4. The van der Waals surface area contributed by atoms with E-state index in [0.717, 1.165) is 35.6 Å². The second-order valence-corrected chi connectivity index (χ2v) is 3.93. The average molecular weight is 233 g/mol. The van der Waals surface area contributed by atoms with Crippen LogP contribution in [-0.2, 0) is 6.42 Å².